The van der Waals surface area contributed by atoms with E-state index in [0.29, 0.717) is 39.0 Å². The van der Waals surface area contributed by atoms with Gasteiger partial charge in [0.05, 0.1) is 18.6 Å². The minimum Gasteiger partial charge on any atom is -0.504 e. The standard InChI is InChI=1S/C22H25N5O5S.C19H26N6O5S.C14H16N2O2.C11H17N3O2.C10H16N2.C8H9N3O3S.C7H17N3.C4H2O3/c1-27(2)15-6-3-13(4-7-15)9-10-23-18(29)11-17-21(32)25-22(33-17)26-24-12-14-5-8-16(28)20(31)19(14)30;1-24-6-8-25(9-7-24)5-4-20-15(27)10-14-18(30)22-19(31-14)23-21-11-12-2-3-13(26)17(29)16(12)28;1-15(2)12-5-3-11(4-6-12)9-10-16-13(17)7-8-14(16)18;1-12-4-6-13(7-5-12)8-9-14-10(15)2-3-11(14)16;1-12(2)10-5-3-9(4-6-10)7-8-11;9-8(15)11-10-3-4-1-2-5(12)7(14)6(4)13;1-9-4-6-10(3-2-8)7-5-9;5-3-1-2-4(6)7-3/h3-8,12,17,28,30-31H,9-11H2,1-2H3,(H,23,29)(H,25,26,32);2-3,11,14,26,28-29H,4-10H2,1H3,(H,20,27)(H,22,23,30);3-8H,9-10H2,1-2H3;2-3H,4-9H2,1H3;3-6H,7-8,11H2,1-2H3;1-3,12-14H,(H3,9,11,15);2-8H2,1H3;1-2H/b24-12+;21-11+;;;;10-3+;;. The number of thioether (sulfide) groups is 2. The molecule has 0 aromatic heterocycles. The van der Waals surface area contributed by atoms with E-state index in [1.165, 1.54) is 127 Å². The van der Waals surface area contributed by atoms with Gasteiger partial charge in [-0.25, -0.2) is 9.59 Å². The van der Waals surface area contributed by atoms with Crippen LogP contribution in [0.15, 0.2) is 171 Å². The summed E-state index contributed by atoms with van der Waals surface area (Å²) in [5.41, 5.74) is 25.8. The lowest BCUT2D eigenvalue weighted by Gasteiger charge is -2.33. The molecule has 8 heterocycles. The largest absolute Gasteiger partial charge is 0.504 e. The lowest BCUT2D eigenvalue weighted by molar-refractivity contribution is -0.150. The Morgan fingerprint density at radius 3 is 1.11 bits per heavy atom. The molecule has 6 aromatic rings. The van der Waals surface area contributed by atoms with Crippen LogP contribution < -0.4 is 58.6 Å². The summed E-state index contributed by atoms with van der Waals surface area (Å²) in [6, 6.07) is 32.3. The molecule has 2 atom stereocenters. The van der Waals surface area contributed by atoms with Crippen molar-refractivity contribution in [1.82, 2.24) is 65.9 Å². The number of cyclic esters (lactones) is 2. The predicted octanol–water partition coefficient (Wildman–Crippen LogP) is 1.44. The Balaban J connectivity index is 0.000000230. The normalized spacial score (nSPS) is 17.6. The maximum absolute atomic E-state index is 12.2. The fourth-order valence-electron chi connectivity index (χ4n) is 13.4. The van der Waals surface area contributed by atoms with Crippen LogP contribution >= 0.6 is 35.7 Å². The van der Waals surface area contributed by atoms with Crippen LogP contribution in [0.5, 0.6) is 51.7 Å². The van der Waals surface area contributed by atoms with Crippen LogP contribution in [0, 0.1) is 0 Å². The van der Waals surface area contributed by atoms with Crippen LogP contribution in [0.2, 0.25) is 0 Å². The third kappa shape index (κ3) is 39.9. The first-order valence-electron chi connectivity index (χ1n) is 45.1. The van der Waals surface area contributed by atoms with E-state index in [0.717, 1.165) is 150 Å². The number of anilines is 3. The molecule has 8 amide bonds. The SMILES string of the molecule is CN(C)c1ccc(CCN)cc1.CN(C)c1ccc(CCN2C(=O)C=CC2=O)cc1.CN(C)c1ccc(CCNC(=O)CC2S/C(=N/N=C/c3ccc(O)c(O)c3O)NC2=O)cc1.CN1CCN(CCN)CC1.CN1CCN(CCN2C(=O)C=CC2=O)CC1.CN1CCN(CCNC(=O)CC2S/C(=N/N=C/c3ccc(O)c(O)c3O)NC2=O)CC1.NC(=S)N/N=C/c1ccc(O)c(O)c1O.O=C1C=CC(=O)O1. The van der Waals surface area contributed by atoms with Crippen molar-refractivity contribution in [2.24, 2.45) is 42.7 Å². The molecule has 47 heteroatoms. The van der Waals surface area contributed by atoms with E-state index in [1.807, 2.05) is 101 Å². The molecule has 14 rings (SSSR count). The summed E-state index contributed by atoms with van der Waals surface area (Å²) < 4.78 is 3.97. The first kappa shape index (κ1) is 115. The molecular weight excluding hydrogens is 1890 g/mol. The number of imide groups is 2. The van der Waals surface area contributed by atoms with Gasteiger partial charge in [-0.05, 0) is 149 Å². The Labute approximate surface area is 837 Å². The number of likely N-dealkylation sites (N-methyl/N-ethyl adjacent to an activating group) is 3. The van der Waals surface area contributed by atoms with Gasteiger partial charge in [0, 0.05) is 256 Å². The Bertz CT molecular complexity index is 5460. The minimum atomic E-state index is -0.660. The van der Waals surface area contributed by atoms with E-state index in [2.05, 4.69) is 149 Å². The smallest absolute Gasteiger partial charge is 0.338 e. The second-order valence-electron chi connectivity index (χ2n) is 33.3. The van der Waals surface area contributed by atoms with Gasteiger partial charge >= 0.3 is 11.9 Å². The van der Waals surface area contributed by atoms with Gasteiger partial charge in [-0.2, -0.15) is 15.3 Å². The summed E-state index contributed by atoms with van der Waals surface area (Å²) >= 11 is 6.68. The summed E-state index contributed by atoms with van der Waals surface area (Å²) in [6.07, 6.45) is 13.4. The number of nitrogens with one attached hydrogen (secondary N) is 5. The van der Waals surface area contributed by atoms with Gasteiger partial charge in [0.15, 0.2) is 49.9 Å². The number of carbonyl (C=O) groups excluding carboxylic acids is 10. The summed E-state index contributed by atoms with van der Waals surface area (Å²) in [4.78, 5) is 136. The molecule has 0 bridgehead atoms. The number of benzene rings is 6. The molecule has 8 aliphatic heterocycles. The molecule has 2 unspecified atom stereocenters. The lowest BCUT2D eigenvalue weighted by atomic mass is 10.1. The highest BCUT2D eigenvalue weighted by Crippen LogP contribution is 2.39. The van der Waals surface area contributed by atoms with E-state index in [-0.39, 0.29) is 92.2 Å². The number of hydrogen-bond donors (Lipinski definition) is 17. The number of amidine groups is 2. The number of carbonyl (C=O) groups is 10. The first-order valence-corrected chi connectivity index (χ1v) is 47.3. The van der Waals surface area contributed by atoms with Gasteiger partial charge < -0.3 is 119 Å². The van der Waals surface area contributed by atoms with Gasteiger partial charge in [-0.3, -0.25) is 68.3 Å². The van der Waals surface area contributed by atoms with Gasteiger partial charge in [0.25, 0.3) is 23.6 Å². The number of amides is 8. The zero-order valence-corrected chi connectivity index (χ0v) is 83.2. The number of esters is 2. The van der Waals surface area contributed by atoms with Crippen LogP contribution in [0.4, 0.5) is 17.1 Å². The third-order valence-corrected chi connectivity index (χ3v) is 24.2. The molecule has 5 fully saturated rings. The number of thiocarbonyl (C=S) groups is 1. The molecule has 0 spiro atoms. The molecule has 766 valence electrons. The van der Waals surface area contributed by atoms with E-state index in [9.17, 15) is 83.7 Å². The Kier molecular flexibility index (Phi) is 48.1. The molecule has 0 radical (unpaired) electrons. The van der Waals surface area contributed by atoms with Gasteiger partial charge in [-0.1, -0.05) is 59.9 Å². The van der Waals surface area contributed by atoms with E-state index >= 15 is 0 Å². The van der Waals surface area contributed by atoms with Crippen molar-refractivity contribution >= 4 is 146 Å². The van der Waals surface area contributed by atoms with Gasteiger partial charge in [-0.15, -0.1) is 10.2 Å². The number of piperazine rings is 3. The Hall–Kier alpha value is -14.1. The number of nitrogens with zero attached hydrogens (tertiary/aromatic N) is 16. The maximum Gasteiger partial charge on any atom is 0.338 e. The average molecular weight is 2020 g/mol. The molecule has 0 saturated carbocycles. The number of aromatic hydroxyl groups is 9. The molecular formula is C95H128N24O20S3. The summed E-state index contributed by atoms with van der Waals surface area (Å²) in [7, 11) is 18.4. The number of rotatable bonds is 29. The molecule has 20 N–H and O–H groups in total. The number of hydrazone groups is 1. The highest BCUT2D eigenvalue weighted by Gasteiger charge is 2.35. The predicted molar refractivity (Wildman–Crippen MR) is 551 cm³/mol. The summed E-state index contributed by atoms with van der Waals surface area (Å²) in [5.74, 6) is -7.83. The van der Waals surface area contributed by atoms with Crippen molar-refractivity contribution in [2.75, 3.05) is 216 Å². The summed E-state index contributed by atoms with van der Waals surface area (Å²) in [5, 5.41) is 114. The molecule has 142 heavy (non-hydrogen) atoms. The van der Waals surface area contributed by atoms with Gasteiger partial charge in [0.2, 0.25) is 40.9 Å². The topological polar surface area (TPSA) is 598 Å². The van der Waals surface area contributed by atoms with Gasteiger partial charge in [0.1, 0.15) is 10.5 Å². The molecule has 44 nitrogen and oxygen atoms in total. The van der Waals surface area contributed by atoms with Crippen LogP contribution in [0.25, 0.3) is 0 Å². The van der Waals surface area contributed by atoms with Crippen LogP contribution in [-0.4, -0.2) is 390 Å². The van der Waals surface area contributed by atoms with Crippen LogP contribution in [-0.2, 0) is 71.9 Å². The maximum atomic E-state index is 12.2. The van der Waals surface area contributed by atoms with Crippen molar-refractivity contribution < 1.29 is 98.6 Å². The van der Waals surface area contributed by atoms with E-state index < -0.39 is 74.2 Å². The van der Waals surface area contributed by atoms with E-state index in [4.69, 9.17) is 27.4 Å². The molecule has 6 aromatic carbocycles. The molecule has 8 aliphatic rings. The lowest BCUT2D eigenvalue weighted by Crippen LogP contribution is -2.47. The van der Waals surface area contributed by atoms with Crippen LogP contribution in [0.1, 0.15) is 46.2 Å². The third-order valence-electron chi connectivity index (χ3n) is 22.0. The number of ether oxygens (including phenoxy) is 1. The Morgan fingerprint density at radius 1 is 0.423 bits per heavy atom. The van der Waals surface area contributed by atoms with Crippen molar-refractivity contribution in [3.63, 3.8) is 0 Å². The molecule has 5 saturated heterocycles. The number of phenols is 9. The number of hydrogen-bond acceptors (Lipinski definition) is 39. The quantitative estimate of drug-likeness (QED) is 0.00601. The van der Waals surface area contributed by atoms with Crippen molar-refractivity contribution in [2.45, 2.75) is 42.6 Å². The summed E-state index contributed by atoms with van der Waals surface area (Å²) in [6.45, 7) is 19.0. The van der Waals surface area contributed by atoms with Crippen molar-refractivity contribution in [1.29, 1.82) is 0 Å². The minimum absolute atomic E-state index is 0.00538. The molecule has 0 aliphatic carbocycles. The zero-order valence-electron chi connectivity index (χ0n) is 80.8. The van der Waals surface area contributed by atoms with E-state index in [1.54, 1.807) is 0 Å². The first-order chi connectivity index (χ1) is 67.7. The number of nitrogens with two attached hydrogens (primary N) is 3. The average Bonchev–Trinajstić information content (AvgIpc) is 0.858. The fraction of sp³-hybridized carbons (Fsp3) is 0.389. The number of phenolic OH excluding ortho intramolecular Hbond substituents is 9. The Morgan fingerprint density at radius 2 is 0.761 bits per heavy atom. The highest BCUT2D eigenvalue weighted by molar-refractivity contribution is 8.16. The zero-order chi connectivity index (χ0) is 104. The van der Waals surface area contributed by atoms with Crippen molar-refractivity contribution in [3.05, 3.63) is 179 Å². The highest BCUT2D eigenvalue weighted by atomic mass is 32.2. The van der Waals surface area contributed by atoms with Crippen LogP contribution in [0.3, 0.4) is 0 Å². The fourth-order valence-corrected chi connectivity index (χ4v) is 15.3. The second-order valence-corrected chi connectivity index (χ2v) is 36.1. The monoisotopic (exact) mass is 2020 g/mol. The van der Waals surface area contributed by atoms with Crippen molar-refractivity contribution in [3.8, 4) is 51.7 Å². The second kappa shape index (κ2) is 59.4.